The number of hydrogen-bond acceptors (Lipinski definition) is 1. The highest BCUT2D eigenvalue weighted by Crippen LogP contribution is 2.44. The Morgan fingerprint density at radius 1 is 1.15 bits per heavy atom. The fourth-order valence-electron chi connectivity index (χ4n) is 2.65. The Hall–Kier alpha value is -1.11. The summed E-state index contributed by atoms with van der Waals surface area (Å²) in [5.41, 5.74) is 2.68. The predicted octanol–water partition coefficient (Wildman–Crippen LogP) is 3.29. The number of hydrogen-bond donors (Lipinski definition) is 0. The van der Waals surface area contributed by atoms with Crippen molar-refractivity contribution >= 4 is 11.9 Å². The molecule has 0 radical (unpaired) electrons. The molecule has 0 bridgehead atoms. The van der Waals surface area contributed by atoms with Gasteiger partial charge in [-0.1, -0.05) is 24.6 Å². The molecule has 1 aliphatic carbocycles. The lowest BCUT2D eigenvalue weighted by Gasteiger charge is -2.22. The molecule has 2 unspecified atom stereocenters. The Kier molecular flexibility index (Phi) is 1.51. The van der Waals surface area contributed by atoms with E-state index in [0.717, 1.165) is 11.8 Å². The second-order valence-corrected chi connectivity index (χ2v) is 4.04. The third-order valence-corrected chi connectivity index (χ3v) is 3.31. The van der Waals surface area contributed by atoms with E-state index >= 15 is 0 Å². The van der Waals surface area contributed by atoms with Crippen LogP contribution in [0.15, 0.2) is 29.3 Å². The van der Waals surface area contributed by atoms with Gasteiger partial charge in [0.2, 0.25) is 0 Å². The Morgan fingerprint density at radius 2 is 2.08 bits per heavy atom. The summed E-state index contributed by atoms with van der Waals surface area (Å²) >= 11 is 0. The van der Waals surface area contributed by atoms with E-state index in [4.69, 9.17) is 0 Å². The SMILES string of the molecule is C1=Nc2ccccc2C2CCCC12. The van der Waals surface area contributed by atoms with Crippen LogP contribution < -0.4 is 0 Å². The molecule has 13 heavy (non-hydrogen) atoms. The first-order chi connectivity index (χ1) is 6.45. The molecule has 0 amide bonds. The van der Waals surface area contributed by atoms with E-state index in [-0.39, 0.29) is 0 Å². The van der Waals surface area contributed by atoms with Crippen LogP contribution in [0.1, 0.15) is 30.7 Å². The normalized spacial score (nSPS) is 29.8. The van der Waals surface area contributed by atoms with Gasteiger partial charge in [0.15, 0.2) is 0 Å². The van der Waals surface area contributed by atoms with Crippen LogP contribution in [0.5, 0.6) is 0 Å². The van der Waals surface area contributed by atoms with Crippen molar-refractivity contribution in [1.82, 2.24) is 0 Å². The second-order valence-electron chi connectivity index (χ2n) is 4.04. The van der Waals surface area contributed by atoms with Gasteiger partial charge >= 0.3 is 0 Å². The van der Waals surface area contributed by atoms with Gasteiger partial charge in [0, 0.05) is 12.1 Å². The number of para-hydroxylation sites is 1. The molecule has 66 valence electrons. The maximum atomic E-state index is 4.51. The van der Waals surface area contributed by atoms with E-state index in [1.54, 1.807) is 0 Å². The Labute approximate surface area is 78.5 Å². The van der Waals surface area contributed by atoms with Gasteiger partial charge in [0.05, 0.1) is 5.69 Å². The molecule has 3 rings (SSSR count). The van der Waals surface area contributed by atoms with Crippen molar-refractivity contribution in [3.05, 3.63) is 29.8 Å². The lowest BCUT2D eigenvalue weighted by atomic mass is 9.87. The molecular weight excluding hydrogens is 158 g/mol. The number of nitrogens with zero attached hydrogens (tertiary/aromatic N) is 1. The number of fused-ring (bicyclic) bond motifs is 3. The number of benzene rings is 1. The van der Waals surface area contributed by atoms with E-state index in [1.165, 1.54) is 30.5 Å². The first kappa shape index (κ1) is 7.31. The van der Waals surface area contributed by atoms with Crippen molar-refractivity contribution in [2.75, 3.05) is 0 Å². The fraction of sp³-hybridized carbons (Fsp3) is 0.417. The molecule has 0 spiro atoms. The van der Waals surface area contributed by atoms with Gasteiger partial charge < -0.3 is 0 Å². The quantitative estimate of drug-likeness (QED) is 0.568. The number of aliphatic imine (C=N–C) groups is 1. The summed E-state index contributed by atoms with van der Waals surface area (Å²) in [5.74, 6) is 1.50. The van der Waals surface area contributed by atoms with Crippen LogP contribution in [0.2, 0.25) is 0 Å². The van der Waals surface area contributed by atoms with Gasteiger partial charge in [-0.05, 0) is 30.4 Å². The Morgan fingerprint density at radius 3 is 3.08 bits per heavy atom. The molecule has 0 N–H and O–H groups in total. The minimum atomic E-state index is 0.731. The highest BCUT2D eigenvalue weighted by Gasteiger charge is 2.30. The summed E-state index contributed by atoms with van der Waals surface area (Å²) in [4.78, 5) is 4.51. The van der Waals surface area contributed by atoms with Gasteiger partial charge in [-0.15, -0.1) is 0 Å². The summed E-state index contributed by atoms with van der Waals surface area (Å²) in [5, 5.41) is 0. The average Bonchev–Trinajstić information content (AvgIpc) is 2.65. The van der Waals surface area contributed by atoms with Crippen LogP contribution in [-0.4, -0.2) is 6.21 Å². The summed E-state index contributed by atoms with van der Waals surface area (Å²) in [7, 11) is 0. The zero-order valence-corrected chi connectivity index (χ0v) is 7.61. The molecule has 0 saturated heterocycles. The zero-order chi connectivity index (χ0) is 8.67. The molecule has 1 heterocycles. The largest absolute Gasteiger partial charge is 0.261 e. The minimum absolute atomic E-state index is 0.731. The van der Waals surface area contributed by atoms with Gasteiger partial charge in [0.25, 0.3) is 0 Å². The third-order valence-electron chi connectivity index (χ3n) is 3.31. The van der Waals surface area contributed by atoms with Crippen LogP contribution in [0.3, 0.4) is 0 Å². The van der Waals surface area contributed by atoms with E-state index in [2.05, 4.69) is 35.5 Å². The molecule has 1 heteroatoms. The average molecular weight is 171 g/mol. The van der Waals surface area contributed by atoms with E-state index in [9.17, 15) is 0 Å². The molecule has 1 saturated carbocycles. The third kappa shape index (κ3) is 1.03. The maximum absolute atomic E-state index is 4.51. The fourth-order valence-corrected chi connectivity index (χ4v) is 2.65. The predicted molar refractivity (Wildman–Crippen MR) is 54.7 cm³/mol. The molecule has 1 aromatic rings. The lowest BCUT2D eigenvalue weighted by molar-refractivity contribution is 0.626. The minimum Gasteiger partial charge on any atom is -0.261 e. The smallest absolute Gasteiger partial charge is 0.0660 e. The van der Waals surface area contributed by atoms with Gasteiger partial charge in [-0.25, -0.2) is 0 Å². The van der Waals surface area contributed by atoms with Gasteiger partial charge in [0.1, 0.15) is 0 Å². The van der Waals surface area contributed by atoms with Crippen molar-refractivity contribution < 1.29 is 0 Å². The monoisotopic (exact) mass is 171 g/mol. The summed E-state index contributed by atoms with van der Waals surface area (Å²) < 4.78 is 0. The van der Waals surface area contributed by atoms with Crippen molar-refractivity contribution in [3.63, 3.8) is 0 Å². The van der Waals surface area contributed by atoms with Gasteiger partial charge in [-0.3, -0.25) is 4.99 Å². The molecule has 2 atom stereocenters. The molecule has 2 aliphatic rings. The van der Waals surface area contributed by atoms with Crippen LogP contribution in [0, 0.1) is 5.92 Å². The molecule has 1 nitrogen and oxygen atoms in total. The van der Waals surface area contributed by atoms with Crippen molar-refractivity contribution in [1.29, 1.82) is 0 Å². The molecule has 1 aromatic carbocycles. The lowest BCUT2D eigenvalue weighted by Crippen LogP contribution is -2.11. The standard InChI is InChI=1S/C12H13N/c1-2-7-12-11(5-1)10-6-3-4-9(10)8-13-12/h1-2,5,7-10H,3-4,6H2. The zero-order valence-electron chi connectivity index (χ0n) is 7.61. The van der Waals surface area contributed by atoms with Crippen LogP contribution in [0.25, 0.3) is 0 Å². The summed E-state index contributed by atoms with van der Waals surface area (Å²) in [6.45, 7) is 0. The van der Waals surface area contributed by atoms with Crippen molar-refractivity contribution in [2.24, 2.45) is 10.9 Å². The molecule has 0 aromatic heterocycles. The topological polar surface area (TPSA) is 12.4 Å². The summed E-state index contributed by atoms with van der Waals surface area (Å²) in [6, 6.07) is 8.58. The first-order valence-corrected chi connectivity index (χ1v) is 5.08. The van der Waals surface area contributed by atoms with E-state index in [0.29, 0.717) is 0 Å². The Bertz CT molecular complexity index is 354. The van der Waals surface area contributed by atoms with E-state index < -0.39 is 0 Å². The molecular formula is C12H13N. The molecule has 1 aliphatic heterocycles. The van der Waals surface area contributed by atoms with Crippen molar-refractivity contribution in [3.8, 4) is 0 Å². The van der Waals surface area contributed by atoms with Crippen LogP contribution in [-0.2, 0) is 0 Å². The highest BCUT2D eigenvalue weighted by atomic mass is 14.8. The van der Waals surface area contributed by atoms with E-state index in [1.807, 2.05) is 0 Å². The second kappa shape index (κ2) is 2.69. The summed E-state index contributed by atoms with van der Waals surface area (Å²) in [6.07, 6.45) is 6.23. The number of rotatable bonds is 0. The first-order valence-electron chi connectivity index (χ1n) is 5.08. The molecule has 1 fully saturated rings. The van der Waals surface area contributed by atoms with Crippen molar-refractivity contribution in [2.45, 2.75) is 25.2 Å². The van der Waals surface area contributed by atoms with Crippen LogP contribution in [0.4, 0.5) is 5.69 Å². The highest BCUT2D eigenvalue weighted by molar-refractivity contribution is 5.73. The maximum Gasteiger partial charge on any atom is 0.0660 e. The van der Waals surface area contributed by atoms with Gasteiger partial charge in [-0.2, -0.15) is 0 Å². The van der Waals surface area contributed by atoms with Crippen LogP contribution >= 0.6 is 0 Å². The Balaban J connectivity index is 2.13.